The zero-order valence-corrected chi connectivity index (χ0v) is 23.8. The van der Waals surface area contributed by atoms with Crippen molar-refractivity contribution < 1.29 is 27.5 Å². The van der Waals surface area contributed by atoms with Gasteiger partial charge in [0, 0.05) is 17.7 Å². The summed E-state index contributed by atoms with van der Waals surface area (Å²) in [6.45, 7) is 6.98. The highest BCUT2D eigenvalue weighted by Crippen LogP contribution is 2.41. The Morgan fingerprint density at radius 1 is 1.05 bits per heavy atom. The van der Waals surface area contributed by atoms with Crippen molar-refractivity contribution in [3.8, 4) is 0 Å². The minimum Gasteiger partial charge on any atom is -0.445 e. The number of primary amides is 1. The third-order valence-corrected chi connectivity index (χ3v) is 10.4. The fourth-order valence-electron chi connectivity index (χ4n) is 6.08. The first-order valence-corrected chi connectivity index (χ1v) is 15.3. The van der Waals surface area contributed by atoms with Gasteiger partial charge in [0.2, 0.25) is 5.91 Å². The number of amides is 2. The number of nitrogens with zero attached hydrogens (tertiary/aromatic N) is 1. The van der Waals surface area contributed by atoms with Crippen LogP contribution in [0.2, 0.25) is 0 Å². The zero-order valence-electron chi connectivity index (χ0n) is 22.9. The normalized spacial score (nSPS) is 24.3. The number of carbonyl (C=O) groups excluding carboxylic acids is 3. The Kier molecular flexibility index (Phi) is 8.66. The van der Waals surface area contributed by atoms with Gasteiger partial charge in [0.1, 0.15) is 0 Å². The van der Waals surface area contributed by atoms with Crippen molar-refractivity contribution in [2.75, 3.05) is 13.1 Å². The molecule has 3 atom stereocenters. The molecule has 212 valence electrons. The number of hydrogen-bond acceptors (Lipinski definition) is 7. The van der Waals surface area contributed by atoms with E-state index >= 15 is 0 Å². The van der Waals surface area contributed by atoms with Crippen molar-refractivity contribution in [3.63, 3.8) is 0 Å². The van der Waals surface area contributed by atoms with E-state index < -0.39 is 39.4 Å². The number of hydrogen-bond donors (Lipinski definition) is 2. The lowest BCUT2D eigenvalue weighted by atomic mass is 9.70. The molecule has 9 nitrogen and oxygen atoms in total. The van der Waals surface area contributed by atoms with E-state index in [0.29, 0.717) is 56.0 Å². The van der Waals surface area contributed by atoms with E-state index in [4.69, 9.17) is 10.5 Å². The van der Waals surface area contributed by atoms with Crippen LogP contribution in [0, 0.1) is 11.8 Å². The summed E-state index contributed by atoms with van der Waals surface area (Å²) >= 11 is 0. The predicted molar refractivity (Wildman–Crippen MR) is 148 cm³/mol. The molecular formula is C29H39N3O6S. The van der Waals surface area contributed by atoms with Crippen LogP contribution in [0.25, 0.3) is 10.8 Å². The first-order chi connectivity index (χ1) is 18.5. The topological polar surface area (TPSA) is 136 Å². The van der Waals surface area contributed by atoms with Gasteiger partial charge in [-0.25, -0.2) is 17.5 Å². The first-order valence-electron chi connectivity index (χ1n) is 13.9. The van der Waals surface area contributed by atoms with Gasteiger partial charge in [-0.05, 0) is 68.6 Å². The Hall–Kier alpha value is -2.98. The largest absolute Gasteiger partial charge is 0.445 e. The number of benzene rings is 2. The van der Waals surface area contributed by atoms with Crippen LogP contribution in [0.15, 0.2) is 41.3 Å². The van der Waals surface area contributed by atoms with Gasteiger partial charge in [-0.15, -0.1) is 0 Å². The van der Waals surface area contributed by atoms with Gasteiger partial charge < -0.3 is 15.8 Å². The number of esters is 1. The second kappa shape index (κ2) is 11.6. The van der Waals surface area contributed by atoms with Crippen LogP contribution < -0.4 is 11.1 Å². The smallest absolute Gasteiger partial charge is 0.339 e. The lowest BCUT2D eigenvalue weighted by Crippen LogP contribution is -2.56. The van der Waals surface area contributed by atoms with Gasteiger partial charge >= 0.3 is 5.97 Å². The molecule has 2 amide bonds. The maximum Gasteiger partial charge on any atom is 0.339 e. The van der Waals surface area contributed by atoms with Crippen molar-refractivity contribution in [3.05, 3.63) is 42.0 Å². The van der Waals surface area contributed by atoms with Crippen molar-refractivity contribution in [2.45, 2.75) is 82.3 Å². The minimum atomic E-state index is -4.23. The van der Waals surface area contributed by atoms with E-state index in [0.717, 1.165) is 10.7 Å². The molecule has 2 fully saturated rings. The molecule has 1 saturated carbocycles. The quantitative estimate of drug-likeness (QED) is 0.472. The molecule has 3 N–H and O–H groups in total. The molecule has 2 aromatic carbocycles. The second-order valence-electron chi connectivity index (χ2n) is 10.9. The summed E-state index contributed by atoms with van der Waals surface area (Å²) in [5.74, 6) is -1.95. The van der Waals surface area contributed by atoms with Crippen molar-refractivity contribution in [1.29, 1.82) is 0 Å². The number of rotatable bonds is 8. The fraction of sp³-hybridized carbons (Fsp3) is 0.552. The van der Waals surface area contributed by atoms with Crippen molar-refractivity contribution >= 4 is 38.6 Å². The monoisotopic (exact) mass is 557 g/mol. The average molecular weight is 558 g/mol. The second-order valence-corrected chi connectivity index (χ2v) is 12.7. The highest BCUT2D eigenvalue weighted by molar-refractivity contribution is 7.90. The lowest BCUT2D eigenvalue weighted by Gasteiger charge is -2.42. The van der Waals surface area contributed by atoms with E-state index in [1.54, 1.807) is 30.3 Å². The van der Waals surface area contributed by atoms with E-state index in [1.807, 2.05) is 20.8 Å². The summed E-state index contributed by atoms with van der Waals surface area (Å²) in [5, 5.41) is 3.90. The van der Waals surface area contributed by atoms with Crippen molar-refractivity contribution in [1.82, 2.24) is 9.62 Å². The van der Waals surface area contributed by atoms with Crippen LogP contribution in [0.1, 0.15) is 76.1 Å². The summed E-state index contributed by atoms with van der Waals surface area (Å²) in [5.41, 5.74) is 4.51. The van der Waals surface area contributed by atoms with Crippen LogP contribution in [-0.2, 0) is 24.3 Å². The third kappa shape index (κ3) is 5.41. The Morgan fingerprint density at radius 2 is 1.72 bits per heavy atom. The van der Waals surface area contributed by atoms with Gasteiger partial charge in [-0.2, -0.15) is 0 Å². The molecule has 0 aromatic heterocycles. The van der Waals surface area contributed by atoms with Crippen LogP contribution >= 0.6 is 0 Å². The fourth-order valence-corrected chi connectivity index (χ4v) is 7.96. The average Bonchev–Trinajstić information content (AvgIpc) is 2.91. The van der Waals surface area contributed by atoms with Crippen LogP contribution in [0.5, 0.6) is 0 Å². The highest BCUT2D eigenvalue weighted by Gasteiger charge is 2.50. The van der Waals surface area contributed by atoms with Gasteiger partial charge in [0.15, 0.2) is 5.60 Å². The van der Waals surface area contributed by atoms with E-state index in [1.165, 1.54) is 6.07 Å². The Balaban J connectivity index is 1.77. The zero-order chi connectivity index (χ0) is 28.4. The third-order valence-electron chi connectivity index (χ3n) is 8.48. The molecule has 4 rings (SSSR count). The molecule has 2 aliphatic rings. The van der Waals surface area contributed by atoms with E-state index in [-0.39, 0.29) is 28.7 Å². The molecule has 10 heteroatoms. The Bertz CT molecular complexity index is 1350. The van der Waals surface area contributed by atoms with Crippen LogP contribution in [0.4, 0.5) is 0 Å². The number of fused-ring (bicyclic) bond motifs is 1. The van der Waals surface area contributed by atoms with Crippen molar-refractivity contribution in [2.24, 2.45) is 17.6 Å². The number of nitrogens with two attached hydrogens (primary N) is 1. The van der Waals surface area contributed by atoms with Gasteiger partial charge in [0.25, 0.3) is 15.9 Å². The number of ether oxygens (including phenoxy) is 1. The van der Waals surface area contributed by atoms with Crippen LogP contribution in [-0.4, -0.2) is 55.2 Å². The van der Waals surface area contributed by atoms with Gasteiger partial charge in [-0.1, -0.05) is 51.5 Å². The van der Waals surface area contributed by atoms with E-state index in [9.17, 15) is 22.8 Å². The molecule has 0 spiro atoms. The maximum absolute atomic E-state index is 14.1. The molecule has 0 bridgehead atoms. The first kappa shape index (κ1) is 29.0. The molecule has 1 aliphatic carbocycles. The Morgan fingerprint density at radius 3 is 2.38 bits per heavy atom. The molecular weight excluding hydrogens is 518 g/mol. The SMILES string of the molecule is CCCC(=O)N(C1CCNCC1)S(=O)(=O)c1cccc2c(C(=O)OC3(C(N)=O)CCCC(C)C3C)cccc12. The summed E-state index contributed by atoms with van der Waals surface area (Å²) in [6.07, 6.45) is 3.67. The summed E-state index contributed by atoms with van der Waals surface area (Å²) < 4.78 is 35.2. The number of carbonyl (C=O) groups is 3. The maximum atomic E-state index is 14.1. The molecule has 3 unspecified atom stereocenters. The number of nitrogens with one attached hydrogen (secondary N) is 1. The molecule has 39 heavy (non-hydrogen) atoms. The molecule has 1 saturated heterocycles. The standard InChI is InChI=1S/C29H39N3O6S/c1-4-8-26(33)32(21-14-17-31-18-15-21)39(36,37)25-13-6-10-22-23(25)11-5-12-24(22)27(34)38-29(28(30)35)16-7-9-19(2)20(29)3/h5-6,10-13,19-21,31H,4,7-9,14-18H2,1-3H3,(H2,30,35). The van der Waals surface area contributed by atoms with Crippen LogP contribution in [0.3, 0.4) is 0 Å². The summed E-state index contributed by atoms with van der Waals surface area (Å²) in [4.78, 5) is 39.3. The summed E-state index contributed by atoms with van der Waals surface area (Å²) in [7, 11) is -4.23. The van der Waals surface area contributed by atoms with E-state index in [2.05, 4.69) is 5.32 Å². The molecule has 0 radical (unpaired) electrons. The molecule has 2 aromatic rings. The summed E-state index contributed by atoms with van der Waals surface area (Å²) in [6, 6.07) is 9.01. The predicted octanol–water partition coefficient (Wildman–Crippen LogP) is 3.75. The lowest BCUT2D eigenvalue weighted by molar-refractivity contribution is -0.150. The molecule has 1 heterocycles. The number of sulfonamides is 1. The number of piperidine rings is 1. The Labute approximate surface area is 230 Å². The van der Waals surface area contributed by atoms with Gasteiger partial charge in [0.05, 0.1) is 16.5 Å². The minimum absolute atomic E-state index is 0.0399. The highest BCUT2D eigenvalue weighted by atomic mass is 32.2. The van der Waals surface area contributed by atoms with Gasteiger partial charge in [-0.3, -0.25) is 9.59 Å². The molecule has 1 aliphatic heterocycles.